The number of para-hydroxylation sites is 1. The van der Waals surface area contributed by atoms with Crippen LogP contribution in [0.2, 0.25) is 0 Å². The largest absolute Gasteiger partial charge is 0.496 e. The van der Waals surface area contributed by atoms with Gasteiger partial charge in [-0.05, 0) is 53.6 Å². The molecular weight excluding hydrogens is 458 g/mol. The second-order valence-electron chi connectivity index (χ2n) is 9.15. The molecule has 1 atom stereocenters. The number of methoxy groups -OCH3 is 1. The van der Waals surface area contributed by atoms with Gasteiger partial charge in [0.25, 0.3) is 5.91 Å². The van der Waals surface area contributed by atoms with Crippen LogP contribution in [0.4, 0.5) is 0 Å². The van der Waals surface area contributed by atoms with E-state index in [4.69, 9.17) is 4.74 Å². The molecule has 7 heteroatoms. The quantitative estimate of drug-likeness (QED) is 0.544. The molecule has 0 spiro atoms. The average Bonchev–Trinajstić information content (AvgIpc) is 3.38. The molecule has 182 valence electrons. The number of piperazine rings is 1. The molecule has 1 saturated heterocycles. The first-order valence-corrected chi connectivity index (χ1v) is 13.0. The Labute approximate surface area is 210 Å². The summed E-state index contributed by atoms with van der Waals surface area (Å²) in [5.41, 5.74) is 4.41. The number of thiophene rings is 1. The van der Waals surface area contributed by atoms with E-state index in [9.17, 15) is 9.59 Å². The van der Waals surface area contributed by atoms with Crippen LogP contribution in [0.25, 0.3) is 0 Å². The molecule has 0 N–H and O–H groups in total. The topological polar surface area (TPSA) is 53.1 Å². The number of ether oxygens (including phenoxy) is 1. The third-order valence-corrected chi connectivity index (χ3v) is 8.14. The Morgan fingerprint density at radius 2 is 1.63 bits per heavy atom. The minimum atomic E-state index is -0.0461. The van der Waals surface area contributed by atoms with E-state index in [2.05, 4.69) is 47.5 Å². The normalized spacial score (nSPS) is 18.3. The summed E-state index contributed by atoms with van der Waals surface area (Å²) in [6.07, 6.45) is 0.976. The zero-order valence-electron chi connectivity index (χ0n) is 20.3. The Balaban J connectivity index is 1.26. The molecule has 1 unspecified atom stereocenters. The molecule has 1 aromatic heterocycles. The second-order valence-corrected chi connectivity index (χ2v) is 10.2. The number of amides is 2. The van der Waals surface area contributed by atoms with E-state index in [1.807, 2.05) is 33.3 Å². The molecule has 0 bridgehead atoms. The van der Waals surface area contributed by atoms with Crippen molar-refractivity contribution in [3.05, 3.63) is 87.1 Å². The van der Waals surface area contributed by atoms with E-state index in [0.717, 1.165) is 13.0 Å². The Morgan fingerprint density at radius 1 is 0.914 bits per heavy atom. The van der Waals surface area contributed by atoms with Gasteiger partial charge in [0.05, 0.1) is 25.3 Å². The van der Waals surface area contributed by atoms with Gasteiger partial charge in [-0.2, -0.15) is 0 Å². The molecule has 3 aromatic rings. The van der Waals surface area contributed by atoms with Crippen molar-refractivity contribution in [3.8, 4) is 5.75 Å². The standard InChI is InChI=1S/C28H31N3O3S/c1-20-7-3-4-8-21(20)27-23-12-18-35-25(23)11-13-31(27)19-26(32)29-14-16-30(17-15-29)28(33)22-9-5-6-10-24(22)34-2/h3-10,12,18,27H,11,13-17,19H2,1-2H3. The van der Waals surface area contributed by atoms with Crippen LogP contribution in [0, 0.1) is 6.92 Å². The SMILES string of the molecule is COc1ccccc1C(=O)N1CCN(C(=O)CN2CCc3sccc3C2c2ccccc2C)CC1. The number of hydrogen-bond donors (Lipinski definition) is 0. The maximum Gasteiger partial charge on any atom is 0.257 e. The molecule has 3 heterocycles. The maximum atomic E-state index is 13.4. The Bertz CT molecular complexity index is 1220. The summed E-state index contributed by atoms with van der Waals surface area (Å²) in [5, 5.41) is 2.17. The minimum absolute atomic E-state index is 0.0461. The van der Waals surface area contributed by atoms with Crippen LogP contribution < -0.4 is 4.74 Å². The molecule has 2 aliphatic heterocycles. The lowest BCUT2D eigenvalue weighted by Gasteiger charge is -2.39. The molecular formula is C28H31N3O3S. The molecule has 2 amide bonds. The van der Waals surface area contributed by atoms with Crippen molar-refractivity contribution >= 4 is 23.2 Å². The number of rotatable bonds is 5. The summed E-state index contributed by atoms with van der Waals surface area (Å²) in [4.78, 5) is 33.9. The summed E-state index contributed by atoms with van der Waals surface area (Å²) in [6, 6.07) is 18.1. The van der Waals surface area contributed by atoms with Crippen LogP contribution in [-0.2, 0) is 11.2 Å². The molecule has 0 aliphatic carbocycles. The lowest BCUT2D eigenvalue weighted by molar-refractivity contribution is -0.134. The summed E-state index contributed by atoms with van der Waals surface area (Å²) in [7, 11) is 1.58. The van der Waals surface area contributed by atoms with Crippen molar-refractivity contribution in [3.63, 3.8) is 0 Å². The fourth-order valence-electron chi connectivity index (χ4n) is 5.22. The zero-order valence-corrected chi connectivity index (χ0v) is 21.1. The number of hydrogen-bond acceptors (Lipinski definition) is 5. The zero-order chi connectivity index (χ0) is 24.4. The fourth-order valence-corrected chi connectivity index (χ4v) is 6.12. The lowest BCUT2D eigenvalue weighted by atomic mass is 9.90. The summed E-state index contributed by atoms with van der Waals surface area (Å²) in [5.74, 6) is 0.665. The number of aryl methyl sites for hydroxylation is 1. The lowest BCUT2D eigenvalue weighted by Crippen LogP contribution is -2.53. The monoisotopic (exact) mass is 489 g/mol. The molecule has 0 saturated carbocycles. The number of carbonyl (C=O) groups is 2. The van der Waals surface area contributed by atoms with Crippen LogP contribution in [0.15, 0.2) is 60.0 Å². The summed E-state index contributed by atoms with van der Waals surface area (Å²) >= 11 is 1.81. The van der Waals surface area contributed by atoms with Gasteiger partial charge in [0.2, 0.25) is 5.91 Å². The number of fused-ring (bicyclic) bond motifs is 1. The van der Waals surface area contributed by atoms with Crippen LogP contribution in [0.5, 0.6) is 5.75 Å². The van der Waals surface area contributed by atoms with E-state index >= 15 is 0 Å². The Morgan fingerprint density at radius 3 is 2.40 bits per heavy atom. The molecule has 5 rings (SSSR count). The van der Waals surface area contributed by atoms with E-state index in [1.165, 1.54) is 21.6 Å². The van der Waals surface area contributed by atoms with Crippen molar-refractivity contribution in [2.75, 3.05) is 46.4 Å². The third-order valence-electron chi connectivity index (χ3n) is 7.14. The minimum Gasteiger partial charge on any atom is -0.496 e. The van der Waals surface area contributed by atoms with Crippen molar-refractivity contribution in [2.45, 2.75) is 19.4 Å². The second kappa shape index (κ2) is 10.2. The van der Waals surface area contributed by atoms with Gasteiger partial charge in [-0.1, -0.05) is 36.4 Å². The highest BCUT2D eigenvalue weighted by Gasteiger charge is 2.33. The molecule has 2 aromatic carbocycles. The predicted octanol–water partition coefficient (Wildman–Crippen LogP) is 4.00. The fraction of sp³-hybridized carbons (Fsp3) is 0.357. The third kappa shape index (κ3) is 4.70. The molecule has 2 aliphatic rings. The van der Waals surface area contributed by atoms with Gasteiger partial charge in [0, 0.05) is 37.6 Å². The van der Waals surface area contributed by atoms with Gasteiger partial charge in [0.1, 0.15) is 5.75 Å². The van der Waals surface area contributed by atoms with E-state index in [-0.39, 0.29) is 17.9 Å². The first-order chi connectivity index (χ1) is 17.1. The van der Waals surface area contributed by atoms with Gasteiger partial charge < -0.3 is 14.5 Å². The highest BCUT2D eigenvalue weighted by molar-refractivity contribution is 7.10. The van der Waals surface area contributed by atoms with E-state index in [1.54, 1.807) is 19.2 Å². The molecule has 1 fully saturated rings. The summed E-state index contributed by atoms with van der Waals surface area (Å²) < 4.78 is 5.36. The van der Waals surface area contributed by atoms with E-state index in [0.29, 0.717) is 44.0 Å². The highest BCUT2D eigenvalue weighted by Crippen LogP contribution is 2.38. The number of benzene rings is 2. The highest BCUT2D eigenvalue weighted by atomic mass is 32.1. The Hall–Kier alpha value is -3.16. The first-order valence-electron chi connectivity index (χ1n) is 12.1. The average molecular weight is 490 g/mol. The molecule has 0 radical (unpaired) electrons. The smallest absolute Gasteiger partial charge is 0.257 e. The Kier molecular flexibility index (Phi) is 6.88. The maximum absolute atomic E-state index is 13.4. The number of carbonyl (C=O) groups excluding carboxylic acids is 2. The van der Waals surface area contributed by atoms with Gasteiger partial charge in [-0.25, -0.2) is 0 Å². The van der Waals surface area contributed by atoms with Crippen LogP contribution in [-0.4, -0.2) is 72.9 Å². The van der Waals surface area contributed by atoms with Crippen LogP contribution >= 0.6 is 11.3 Å². The first kappa shape index (κ1) is 23.6. The predicted molar refractivity (Wildman–Crippen MR) is 138 cm³/mol. The van der Waals surface area contributed by atoms with Crippen molar-refractivity contribution in [1.29, 1.82) is 0 Å². The van der Waals surface area contributed by atoms with Gasteiger partial charge in [-0.15, -0.1) is 11.3 Å². The van der Waals surface area contributed by atoms with Gasteiger partial charge in [0.15, 0.2) is 0 Å². The van der Waals surface area contributed by atoms with Crippen molar-refractivity contribution in [1.82, 2.24) is 14.7 Å². The summed E-state index contributed by atoms with van der Waals surface area (Å²) in [6.45, 7) is 5.54. The van der Waals surface area contributed by atoms with Crippen LogP contribution in [0.1, 0.15) is 38.0 Å². The molecule has 6 nitrogen and oxygen atoms in total. The van der Waals surface area contributed by atoms with E-state index < -0.39 is 0 Å². The van der Waals surface area contributed by atoms with Gasteiger partial charge in [-0.3, -0.25) is 14.5 Å². The number of nitrogens with zero attached hydrogens (tertiary/aromatic N) is 3. The van der Waals surface area contributed by atoms with Gasteiger partial charge >= 0.3 is 0 Å². The van der Waals surface area contributed by atoms with Crippen molar-refractivity contribution < 1.29 is 14.3 Å². The van der Waals surface area contributed by atoms with Crippen molar-refractivity contribution in [2.24, 2.45) is 0 Å². The molecule has 35 heavy (non-hydrogen) atoms. The van der Waals surface area contributed by atoms with Crippen LogP contribution in [0.3, 0.4) is 0 Å².